The van der Waals surface area contributed by atoms with Crippen LogP contribution in [-0.4, -0.2) is 27.0 Å². The van der Waals surface area contributed by atoms with Crippen molar-refractivity contribution >= 4 is 35.1 Å². The number of aromatic nitrogens is 3. The third-order valence-corrected chi connectivity index (χ3v) is 2.54. The number of rotatable bonds is 2. The van der Waals surface area contributed by atoms with Crippen molar-refractivity contribution in [2.75, 3.05) is 10.6 Å². The number of nitrogens with one attached hydrogen (secondary N) is 3. The molecule has 0 aliphatic rings. The Morgan fingerprint density at radius 2 is 2.00 bits per heavy atom. The van der Waals surface area contributed by atoms with Gasteiger partial charge in [-0.05, 0) is 24.6 Å². The third-order valence-electron chi connectivity index (χ3n) is 2.30. The van der Waals surface area contributed by atoms with Crippen LogP contribution < -0.4 is 10.6 Å². The number of carbonyl (C=O) groups is 2. The first-order valence-corrected chi connectivity index (χ1v) is 5.68. The number of benzene rings is 1. The highest BCUT2D eigenvalue weighted by Gasteiger charge is 2.16. The average molecular weight is 280 g/mol. The number of H-pyrrole nitrogens is 1. The number of carbonyl (C=O) groups excluding carboxylic acids is 2. The summed E-state index contributed by atoms with van der Waals surface area (Å²) in [5, 5.41) is 11.2. The minimum absolute atomic E-state index is 0.1000. The monoisotopic (exact) mass is 279 g/mol. The zero-order valence-electron chi connectivity index (χ0n) is 9.90. The normalized spacial score (nSPS) is 10.0. The molecule has 19 heavy (non-hydrogen) atoms. The molecule has 0 bridgehead atoms. The van der Waals surface area contributed by atoms with Crippen molar-refractivity contribution in [3.63, 3.8) is 0 Å². The molecular formula is C11H10ClN5O2. The minimum atomic E-state index is -0.851. The zero-order chi connectivity index (χ0) is 13.8. The van der Waals surface area contributed by atoms with E-state index in [1.807, 2.05) is 0 Å². The summed E-state index contributed by atoms with van der Waals surface area (Å²) in [6.45, 7) is 1.79. The van der Waals surface area contributed by atoms with Crippen molar-refractivity contribution in [1.29, 1.82) is 0 Å². The van der Waals surface area contributed by atoms with Gasteiger partial charge in [0.05, 0.1) is 0 Å². The Morgan fingerprint density at radius 1 is 1.26 bits per heavy atom. The summed E-state index contributed by atoms with van der Waals surface area (Å²) in [4.78, 5) is 26.9. The van der Waals surface area contributed by atoms with E-state index in [-0.39, 0.29) is 5.95 Å². The Morgan fingerprint density at radius 3 is 2.68 bits per heavy atom. The first kappa shape index (κ1) is 13.0. The smallest absolute Gasteiger partial charge is 0.316 e. The third kappa shape index (κ3) is 3.29. The van der Waals surface area contributed by atoms with Crippen molar-refractivity contribution < 1.29 is 9.59 Å². The molecule has 1 heterocycles. The van der Waals surface area contributed by atoms with Crippen LogP contribution in [-0.2, 0) is 9.59 Å². The van der Waals surface area contributed by atoms with Gasteiger partial charge >= 0.3 is 11.8 Å². The maximum absolute atomic E-state index is 11.7. The molecule has 8 heteroatoms. The molecule has 0 spiro atoms. The molecule has 0 unspecified atom stereocenters. The van der Waals surface area contributed by atoms with E-state index >= 15 is 0 Å². The number of amides is 2. The Labute approximate surface area is 113 Å². The fourth-order valence-corrected chi connectivity index (χ4v) is 1.51. The van der Waals surface area contributed by atoms with Gasteiger partial charge in [-0.2, -0.15) is 10.1 Å². The van der Waals surface area contributed by atoms with E-state index in [0.717, 1.165) is 5.56 Å². The molecule has 2 amide bonds. The van der Waals surface area contributed by atoms with Crippen LogP contribution in [0, 0.1) is 6.92 Å². The summed E-state index contributed by atoms with van der Waals surface area (Å²) >= 11 is 5.82. The van der Waals surface area contributed by atoms with E-state index in [2.05, 4.69) is 25.8 Å². The zero-order valence-corrected chi connectivity index (χ0v) is 10.7. The van der Waals surface area contributed by atoms with Crippen LogP contribution in [0.15, 0.2) is 24.5 Å². The number of aromatic amines is 1. The molecule has 98 valence electrons. The van der Waals surface area contributed by atoms with Gasteiger partial charge in [0.1, 0.15) is 6.33 Å². The lowest BCUT2D eigenvalue weighted by molar-refractivity contribution is -0.133. The molecule has 0 saturated carbocycles. The fraction of sp³-hybridized carbons (Fsp3) is 0.0909. The topological polar surface area (TPSA) is 99.8 Å². The first-order valence-electron chi connectivity index (χ1n) is 5.30. The largest absolute Gasteiger partial charge is 0.317 e. The van der Waals surface area contributed by atoms with E-state index in [4.69, 9.17) is 11.6 Å². The van der Waals surface area contributed by atoms with Crippen LogP contribution in [0.2, 0.25) is 5.02 Å². The summed E-state index contributed by atoms with van der Waals surface area (Å²) in [6.07, 6.45) is 1.22. The highest BCUT2D eigenvalue weighted by Crippen LogP contribution is 2.20. The fourth-order valence-electron chi connectivity index (χ4n) is 1.34. The molecule has 0 aliphatic carbocycles. The molecule has 1 aromatic carbocycles. The molecule has 0 radical (unpaired) electrons. The second-order valence-electron chi connectivity index (χ2n) is 3.70. The van der Waals surface area contributed by atoms with Gasteiger partial charge in [-0.1, -0.05) is 17.7 Å². The van der Waals surface area contributed by atoms with Crippen molar-refractivity contribution in [3.8, 4) is 0 Å². The number of halogens is 1. The van der Waals surface area contributed by atoms with Gasteiger partial charge in [0.15, 0.2) is 0 Å². The summed E-state index contributed by atoms with van der Waals surface area (Å²) in [7, 11) is 0. The number of hydrogen-bond donors (Lipinski definition) is 3. The van der Waals surface area contributed by atoms with Crippen molar-refractivity contribution in [1.82, 2.24) is 15.2 Å². The van der Waals surface area contributed by atoms with Gasteiger partial charge in [-0.3, -0.25) is 14.9 Å². The predicted molar refractivity (Wildman–Crippen MR) is 69.8 cm³/mol. The lowest BCUT2D eigenvalue weighted by Gasteiger charge is -2.08. The average Bonchev–Trinajstić information content (AvgIpc) is 2.86. The lowest BCUT2D eigenvalue weighted by Crippen LogP contribution is -2.29. The molecule has 2 rings (SSSR count). The Hall–Kier alpha value is -2.41. The first-order chi connectivity index (χ1) is 9.06. The van der Waals surface area contributed by atoms with Crippen molar-refractivity contribution in [3.05, 3.63) is 35.1 Å². The van der Waals surface area contributed by atoms with Crippen molar-refractivity contribution in [2.24, 2.45) is 0 Å². The van der Waals surface area contributed by atoms with E-state index < -0.39 is 11.8 Å². The maximum atomic E-state index is 11.7. The molecular weight excluding hydrogens is 270 g/mol. The molecule has 2 aromatic rings. The van der Waals surface area contributed by atoms with Crippen LogP contribution in [0.4, 0.5) is 11.6 Å². The Bertz CT molecular complexity index is 612. The lowest BCUT2D eigenvalue weighted by atomic mass is 10.2. The van der Waals surface area contributed by atoms with Crippen LogP contribution in [0.5, 0.6) is 0 Å². The predicted octanol–water partition coefficient (Wildman–Crippen LogP) is 1.34. The maximum Gasteiger partial charge on any atom is 0.316 e. The molecule has 0 saturated heterocycles. The second-order valence-corrected chi connectivity index (χ2v) is 4.14. The minimum Gasteiger partial charge on any atom is -0.317 e. The molecule has 0 fully saturated rings. The number of hydrogen-bond acceptors (Lipinski definition) is 4. The van der Waals surface area contributed by atoms with Gasteiger partial charge in [-0.25, -0.2) is 5.10 Å². The van der Waals surface area contributed by atoms with Gasteiger partial charge in [0.25, 0.3) is 0 Å². The van der Waals surface area contributed by atoms with Crippen LogP contribution in [0.3, 0.4) is 0 Å². The van der Waals surface area contributed by atoms with Crippen LogP contribution in [0.1, 0.15) is 5.56 Å². The molecule has 7 nitrogen and oxygen atoms in total. The molecule has 1 aromatic heterocycles. The number of aryl methyl sites for hydroxylation is 1. The second kappa shape index (κ2) is 5.49. The molecule has 3 N–H and O–H groups in total. The highest BCUT2D eigenvalue weighted by molar-refractivity contribution is 6.43. The standard InChI is InChI=1S/C11H10ClN5O2/c1-6-2-3-7(12)4-8(6)15-9(18)10(19)16-11-13-5-14-17-11/h2-5H,1H3,(H,15,18)(H2,13,14,16,17,19). The van der Waals surface area contributed by atoms with Crippen LogP contribution >= 0.6 is 11.6 Å². The summed E-state index contributed by atoms with van der Waals surface area (Å²) < 4.78 is 0. The summed E-state index contributed by atoms with van der Waals surface area (Å²) in [5.41, 5.74) is 1.27. The van der Waals surface area contributed by atoms with Gasteiger partial charge in [0.2, 0.25) is 5.95 Å². The number of anilines is 2. The highest BCUT2D eigenvalue weighted by atomic mass is 35.5. The summed E-state index contributed by atoms with van der Waals surface area (Å²) in [5.74, 6) is -1.57. The van der Waals surface area contributed by atoms with E-state index in [1.54, 1.807) is 25.1 Å². The van der Waals surface area contributed by atoms with Gasteiger partial charge in [0, 0.05) is 10.7 Å². The Kier molecular flexibility index (Phi) is 3.76. The van der Waals surface area contributed by atoms with Crippen molar-refractivity contribution in [2.45, 2.75) is 6.92 Å². The summed E-state index contributed by atoms with van der Waals surface area (Å²) in [6, 6.07) is 5.00. The van der Waals surface area contributed by atoms with E-state index in [9.17, 15) is 9.59 Å². The molecule has 0 atom stereocenters. The number of nitrogens with zero attached hydrogens (tertiary/aromatic N) is 2. The van der Waals surface area contributed by atoms with E-state index in [1.165, 1.54) is 6.33 Å². The van der Waals surface area contributed by atoms with Gasteiger partial charge < -0.3 is 5.32 Å². The molecule has 0 aliphatic heterocycles. The Balaban J connectivity index is 2.04. The van der Waals surface area contributed by atoms with E-state index in [0.29, 0.717) is 10.7 Å². The SMILES string of the molecule is Cc1ccc(Cl)cc1NC(=O)C(=O)Nc1ncn[nH]1. The van der Waals surface area contributed by atoms with Gasteiger partial charge in [-0.15, -0.1) is 0 Å². The quantitative estimate of drug-likeness (QED) is 0.722. The van der Waals surface area contributed by atoms with Crippen LogP contribution in [0.25, 0.3) is 0 Å².